The fraction of sp³-hybridized carbons (Fsp3) is 0.158. The van der Waals surface area contributed by atoms with Crippen molar-refractivity contribution < 1.29 is 9.13 Å². The number of ether oxygens (including phenoxy) is 1. The van der Waals surface area contributed by atoms with Crippen molar-refractivity contribution in [2.24, 2.45) is 0 Å². The van der Waals surface area contributed by atoms with E-state index in [9.17, 15) is 4.39 Å². The number of methoxy groups -OCH3 is 1. The summed E-state index contributed by atoms with van der Waals surface area (Å²) in [6, 6.07) is 15.8. The number of rotatable bonds is 5. The van der Waals surface area contributed by atoms with Crippen LogP contribution in [0.1, 0.15) is 22.9 Å². The Hall–Kier alpha value is -2.95. The van der Waals surface area contributed by atoms with Crippen LogP contribution in [0.15, 0.2) is 60.8 Å². The molecule has 24 heavy (non-hydrogen) atoms. The zero-order chi connectivity index (χ0) is 16.9. The standard InChI is InChI=1S/C19H18FN3O/c1-13-11-12-21-19(22-13)23-18(14-3-7-16(20)8-4-14)15-5-9-17(24-2)10-6-15/h3-12,18H,1-2H3,(H,21,22,23). The summed E-state index contributed by atoms with van der Waals surface area (Å²) in [6.45, 7) is 1.91. The summed E-state index contributed by atoms with van der Waals surface area (Å²) in [5.41, 5.74) is 2.80. The molecule has 0 amide bonds. The van der Waals surface area contributed by atoms with Crippen LogP contribution in [0.5, 0.6) is 5.75 Å². The Morgan fingerprint density at radius 1 is 0.958 bits per heavy atom. The van der Waals surface area contributed by atoms with Crippen LogP contribution < -0.4 is 10.1 Å². The molecule has 0 radical (unpaired) electrons. The molecule has 1 N–H and O–H groups in total. The van der Waals surface area contributed by atoms with Crippen molar-refractivity contribution in [2.75, 3.05) is 12.4 Å². The molecule has 1 heterocycles. The highest BCUT2D eigenvalue weighted by Gasteiger charge is 2.15. The van der Waals surface area contributed by atoms with Crippen molar-refractivity contribution in [1.29, 1.82) is 0 Å². The molecule has 3 aromatic rings. The molecule has 0 aliphatic heterocycles. The van der Waals surface area contributed by atoms with Crippen molar-refractivity contribution >= 4 is 5.95 Å². The third-order valence-electron chi connectivity index (χ3n) is 3.72. The number of aromatic nitrogens is 2. The van der Waals surface area contributed by atoms with E-state index in [0.29, 0.717) is 5.95 Å². The summed E-state index contributed by atoms with van der Waals surface area (Å²) < 4.78 is 18.5. The van der Waals surface area contributed by atoms with Crippen molar-refractivity contribution in [3.63, 3.8) is 0 Å². The number of nitrogens with one attached hydrogen (secondary N) is 1. The minimum absolute atomic E-state index is 0.196. The molecule has 0 spiro atoms. The van der Waals surface area contributed by atoms with Gasteiger partial charge in [-0.25, -0.2) is 14.4 Å². The largest absolute Gasteiger partial charge is 0.497 e. The minimum atomic E-state index is -0.265. The average Bonchev–Trinajstić information content (AvgIpc) is 2.61. The normalized spacial score (nSPS) is 11.8. The van der Waals surface area contributed by atoms with Gasteiger partial charge in [0.2, 0.25) is 5.95 Å². The van der Waals surface area contributed by atoms with Gasteiger partial charge < -0.3 is 10.1 Å². The van der Waals surface area contributed by atoms with Gasteiger partial charge in [0.15, 0.2) is 0 Å². The zero-order valence-corrected chi connectivity index (χ0v) is 13.5. The molecule has 3 rings (SSSR count). The summed E-state index contributed by atoms with van der Waals surface area (Å²) >= 11 is 0. The van der Waals surface area contributed by atoms with Gasteiger partial charge >= 0.3 is 0 Å². The number of nitrogens with zero attached hydrogens (tertiary/aromatic N) is 2. The van der Waals surface area contributed by atoms with Gasteiger partial charge in [0.25, 0.3) is 0 Å². The smallest absolute Gasteiger partial charge is 0.223 e. The Labute approximate surface area is 140 Å². The summed E-state index contributed by atoms with van der Waals surface area (Å²) in [4.78, 5) is 8.65. The summed E-state index contributed by atoms with van der Waals surface area (Å²) in [5.74, 6) is 1.04. The fourth-order valence-corrected chi connectivity index (χ4v) is 2.46. The second kappa shape index (κ2) is 7.08. The quantitative estimate of drug-likeness (QED) is 0.767. The summed E-state index contributed by atoms with van der Waals surface area (Å²) in [5, 5.41) is 3.32. The highest BCUT2D eigenvalue weighted by molar-refractivity contribution is 5.42. The molecule has 0 fully saturated rings. The van der Waals surface area contributed by atoms with Crippen molar-refractivity contribution in [1.82, 2.24) is 9.97 Å². The van der Waals surface area contributed by atoms with E-state index in [1.165, 1.54) is 12.1 Å². The SMILES string of the molecule is COc1ccc(C(Nc2nccc(C)n2)c2ccc(F)cc2)cc1. The third kappa shape index (κ3) is 3.68. The van der Waals surface area contributed by atoms with Crippen molar-refractivity contribution in [3.05, 3.63) is 83.4 Å². The lowest BCUT2D eigenvalue weighted by molar-refractivity contribution is 0.414. The lowest BCUT2D eigenvalue weighted by atomic mass is 9.98. The monoisotopic (exact) mass is 323 g/mol. The van der Waals surface area contributed by atoms with Gasteiger partial charge in [-0.3, -0.25) is 0 Å². The van der Waals surface area contributed by atoms with Crippen LogP contribution in [-0.4, -0.2) is 17.1 Å². The molecule has 0 saturated carbocycles. The molecule has 0 aliphatic rings. The average molecular weight is 323 g/mol. The fourth-order valence-electron chi connectivity index (χ4n) is 2.46. The highest BCUT2D eigenvalue weighted by atomic mass is 19.1. The predicted molar refractivity (Wildman–Crippen MR) is 91.6 cm³/mol. The first-order valence-corrected chi connectivity index (χ1v) is 7.61. The van der Waals surface area contributed by atoms with Gasteiger partial charge in [0.05, 0.1) is 13.2 Å². The lowest BCUT2D eigenvalue weighted by Gasteiger charge is -2.20. The molecule has 1 atom stereocenters. The first-order valence-electron chi connectivity index (χ1n) is 7.61. The summed E-state index contributed by atoms with van der Waals surface area (Å²) in [6.07, 6.45) is 1.71. The Morgan fingerprint density at radius 3 is 2.17 bits per heavy atom. The van der Waals surface area contributed by atoms with E-state index in [4.69, 9.17) is 4.74 Å². The summed E-state index contributed by atoms with van der Waals surface area (Å²) in [7, 11) is 1.63. The molecule has 5 heteroatoms. The molecule has 1 aromatic heterocycles. The molecule has 0 saturated heterocycles. The molecule has 0 aliphatic carbocycles. The Morgan fingerprint density at radius 2 is 1.58 bits per heavy atom. The molecular formula is C19H18FN3O. The van der Waals surface area contributed by atoms with Gasteiger partial charge in [-0.2, -0.15) is 0 Å². The van der Waals surface area contributed by atoms with Gasteiger partial charge in [0.1, 0.15) is 11.6 Å². The number of benzene rings is 2. The van der Waals surface area contributed by atoms with Crippen LogP contribution in [-0.2, 0) is 0 Å². The van der Waals surface area contributed by atoms with E-state index in [1.54, 1.807) is 25.4 Å². The van der Waals surface area contributed by atoms with Crippen LogP contribution in [0, 0.1) is 12.7 Å². The molecular weight excluding hydrogens is 305 g/mol. The van der Waals surface area contributed by atoms with Crippen LogP contribution in [0.2, 0.25) is 0 Å². The van der Waals surface area contributed by atoms with E-state index in [1.807, 2.05) is 37.3 Å². The first-order chi connectivity index (χ1) is 11.7. The highest BCUT2D eigenvalue weighted by Crippen LogP contribution is 2.27. The van der Waals surface area contributed by atoms with Crippen LogP contribution in [0.4, 0.5) is 10.3 Å². The lowest BCUT2D eigenvalue weighted by Crippen LogP contribution is -2.14. The van der Waals surface area contributed by atoms with Crippen molar-refractivity contribution in [3.8, 4) is 5.75 Å². The number of anilines is 1. The maximum absolute atomic E-state index is 13.3. The Balaban J connectivity index is 1.97. The number of hydrogen-bond acceptors (Lipinski definition) is 4. The Kier molecular flexibility index (Phi) is 4.70. The predicted octanol–water partition coefficient (Wildman–Crippen LogP) is 4.13. The zero-order valence-electron chi connectivity index (χ0n) is 13.5. The van der Waals surface area contributed by atoms with Gasteiger partial charge in [-0.15, -0.1) is 0 Å². The Bertz CT molecular complexity index is 804. The van der Waals surface area contributed by atoms with Crippen LogP contribution in [0.25, 0.3) is 0 Å². The molecule has 4 nitrogen and oxygen atoms in total. The molecule has 0 bridgehead atoms. The van der Waals surface area contributed by atoms with E-state index >= 15 is 0 Å². The number of halogens is 1. The van der Waals surface area contributed by atoms with Gasteiger partial charge in [0, 0.05) is 11.9 Å². The van der Waals surface area contributed by atoms with E-state index < -0.39 is 0 Å². The molecule has 1 unspecified atom stereocenters. The van der Waals surface area contributed by atoms with E-state index in [0.717, 1.165) is 22.6 Å². The maximum Gasteiger partial charge on any atom is 0.223 e. The number of aryl methyl sites for hydroxylation is 1. The van der Waals surface area contributed by atoms with Gasteiger partial charge in [-0.1, -0.05) is 24.3 Å². The number of hydrogen-bond donors (Lipinski definition) is 1. The first kappa shape index (κ1) is 15.9. The van der Waals surface area contributed by atoms with Crippen molar-refractivity contribution in [2.45, 2.75) is 13.0 Å². The molecule has 122 valence electrons. The topological polar surface area (TPSA) is 47.0 Å². The van der Waals surface area contributed by atoms with Crippen LogP contribution in [0.3, 0.4) is 0 Å². The maximum atomic E-state index is 13.3. The van der Waals surface area contributed by atoms with Gasteiger partial charge in [-0.05, 0) is 48.4 Å². The molecule has 2 aromatic carbocycles. The van der Waals surface area contributed by atoms with E-state index in [-0.39, 0.29) is 11.9 Å². The minimum Gasteiger partial charge on any atom is -0.497 e. The van der Waals surface area contributed by atoms with E-state index in [2.05, 4.69) is 15.3 Å². The second-order valence-corrected chi connectivity index (χ2v) is 5.42. The third-order valence-corrected chi connectivity index (χ3v) is 3.72. The second-order valence-electron chi connectivity index (χ2n) is 5.42. The van der Waals surface area contributed by atoms with Crippen LogP contribution >= 0.6 is 0 Å².